The first kappa shape index (κ1) is 22.8. The third-order valence-corrected chi connectivity index (χ3v) is 5.18. The first-order valence-electron chi connectivity index (χ1n) is 9.76. The predicted octanol–water partition coefficient (Wildman–Crippen LogP) is 3.13. The van der Waals surface area contributed by atoms with Gasteiger partial charge in [0.2, 0.25) is 0 Å². The maximum atomic E-state index is 13.3. The Bertz CT molecular complexity index is 1080. The quantitative estimate of drug-likeness (QED) is 0.366. The fraction of sp³-hybridized carbons (Fsp3) is 0.261. The van der Waals surface area contributed by atoms with Gasteiger partial charge in [-0.05, 0) is 42.8 Å². The number of nitrogens with zero attached hydrogens (tertiary/aromatic N) is 1. The van der Waals surface area contributed by atoms with Gasteiger partial charge in [0.1, 0.15) is 23.1 Å². The molecule has 8 nitrogen and oxygen atoms in total. The van der Waals surface area contributed by atoms with Gasteiger partial charge in [0, 0.05) is 30.2 Å². The maximum Gasteiger partial charge on any atom is 0.303 e. The van der Waals surface area contributed by atoms with Crippen LogP contribution in [0.4, 0.5) is 4.39 Å². The number of carbonyl (C=O) groups is 3. The van der Waals surface area contributed by atoms with E-state index in [1.807, 2.05) is 0 Å². The molecule has 0 unspecified atom stereocenters. The average molecular weight is 443 g/mol. The molecule has 1 aliphatic rings. The summed E-state index contributed by atoms with van der Waals surface area (Å²) < 4.78 is 24.0. The lowest BCUT2D eigenvalue weighted by Gasteiger charge is -2.26. The molecule has 0 spiro atoms. The molecular weight excluding hydrogens is 421 g/mol. The second kappa shape index (κ2) is 9.51. The number of aliphatic hydroxyl groups excluding tert-OH is 1. The number of carboxylic acid groups (broad SMARTS) is 1. The highest BCUT2D eigenvalue weighted by Crippen LogP contribution is 2.43. The third-order valence-electron chi connectivity index (χ3n) is 5.18. The molecule has 0 radical (unpaired) electrons. The van der Waals surface area contributed by atoms with Crippen molar-refractivity contribution in [3.05, 3.63) is 65.0 Å². The lowest BCUT2D eigenvalue weighted by atomic mass is 9.94. The number of rotatable bonds is 8. The van der Waals surface area contributed by atoms with Gasteiger partial charge >= 0.3 is 5.97 Å². The molecule has 3 rings (SSSR count). The number of Topliss-reactive ketones (excluding diaryl/α,β-unsaturated/α-hetero) is 1. The minimum atomic E-state index is -1.04. The molecule has 0 aliphatic carbocycles. The molecule has 2 N–H and O–H groups in total. The Morgan fingerprint density at radius 3 is 2.34 bits per heavy atom. The first-order chi connectivity index (χ1) is 15.3. The minimum Gasteiger partial charge on any atom is -0.507 e. The van der Waals surface area contributed by atoms with Gasteiger partial charge in [-0.3, -0.25) is 14.4 Å². The van der Waals surface area contributed by atoms with Gasteiger partial charge < -0.3 is 24.6 Å². The largest absolute Gasteiger partial charge is 0.507 e. The fourth-order valence-corrected chi connectivity index (χ4v) is 3.64. The van der Waals surface area contributed by atoms with Crippen LogP contribution >= 0.6 is 0 Å². The molecule has 2 aromatic rings. The van der Waals surface area contributed by atoms with Gasteiger partial charge in [-0.15, -0.1) is 0 Å². The van der Waals surface area contributed by atoms with Crippen LogP contribution < -0.4 is 9.47 Å². The Balaban J connectivity index is 2.17. The Morgan fingerprint density at radius 2 is 1.75 bits per heavy atom. The number of ketones is 1. The number of carbonyl (C=O) groups excluding carboxylic acids is 2. The highest BCUT2D eigenvalue weighted by atomic mass is 19.1. The summed E-state index contributed by atoms with van der Waals surface area (Å²) in [7, 11) is 2.88. The standard InChI is InChI=1S/C23H22FNO7/c1-31-15-9-10-16(17(12-15)32-2)20-19(21(28)13-5-7-14(24)8-6-13)22(29)23(30)25(20)11-3-4-18(26)27/h5-10,12,20,28H,3-4,11H2,1-2H3,(H,26,27)/t20-/m1/s1. The summed E-state index contributed by atoms with van der Waals surface area (Å²) in [4.78, 5) is 37.9. The van der Waals surface area contributed by atoms with E-state index < -0.39 is 35.3 Å². The number of benzene rings is 2. The molecule has 1 heterocycles. The van der Waals surface area contributed by atoms with E-state index in [2.05, 4.69) is 0 Å². The number of hydrogen-bond acceptors (Lipinski definition) is 6. The van der Waals surface area contributed by atoms with E-state index in [1.54, 1.807) is 18.2 Å². The fourth-order valence-electron chi connectivity index (χ4n) is 3.64. The maximum absolute atomic E-state index is 13.3. The monoisotopic (exact) mass is 443 g/mol. The summed E-state index contributed by atoms with van der Waals surface area (Å²) in [6, 6.07) is 8.61. The Hall–Kier alpha value is -3.88. The van der Waals surface area contributed by atoms with Gasteiger partial charge in [-0.2, -0.15) is 0 Å². The zero-order valence-electron chi connectivity index (χ0n) is 17.5. The molecule has 1 saturated heterocycles. The number of carboxylic acids is 1. The van der Waals surface area contributed by atoms with E-state index in [9.17, 15) is 23.9 Å². The van der Waals surface area contributed by atoms with Gasteiger partial charge in [0.15, 0.2) is 0 Å². The average Bonchev–Trinajstić information content (AvgIpc) is 3.03. The van der Waals surface area contributed by atoms with E-state index >= 15 is 0 Å². The number of likely N-dealkylation sites (tertiary alicyclic amines) is 1. The van der Waals surface area contributed by atoms with Crippen molar-refractivity contribution in [2.45, 2.75) is 18.9 Å². The second-order valence-corrected chi connectivity index (χ2v) is 7.10. The van der Waals surface area contributed by atoms with Gasteiger partial charge in [0.05, 0.1) is 25.8 Å². The van der Waals surface area contributed by atoms with Gasteiger partial charge in [-0.25, -0.2) is 4.39 Å². The molecule has 168 valence electrons. The number of hydrogen-bond donors (Lipinski definition) is 2. The summed E-state index contributed by atoms with van der Waals surface area (Å²) in [6.45, 7) is -0.0308. The van der Waals surface area contributed by atoms with Crippen LogP contribution in [0.2, 0.25) is 0 Å². The SMILES string of the molecule is COc1ccc([C@@H]2C(=C(O)c3ccc(F)cc3)C(=O)C(=O)N2CCCC(=O)O)c(OC)c1. The van der Waals surface area contributed by atoms with Gasteiger partial charge in [-0.1, -0.05) is 0 Å². The Kier molecular flexibility index (Phi) is 6.77. The van der Waals surface area contributed by atoms with Crippen molar-refractivity contribution in [3.8, 4) is 11.5 Å². The lowest BCUT2D eigenvalue weighted by Crippen LogP contribution is -2.31. The van der Waals surface area contributed by atoms with Crippen LogP contribution in [0.3, 0.4) is 0 Å². The summed E-state index contributed by atoms with van der Waals surface area (Å²) in [5.41, 5.74) is 0.374. The summed E-state index contributed by atoms with van der Waals surface area (Å²) in [6.07, 6.45) is -0.0959. The third kappa shape index (κ3) is 4.41. The molecule has 0 bridgehead atoms. The molecule has 1 aliphatic heterocycles. The van der Waals surface area contributed by atoms with Crippen molar-refractivity contribution in [1.82, 2.24) is 4.90 Å². The van der Waals surface area contributed by atoms with Crippen molar-refractivity contribution in [3.63, 3.8) is 0 Å². The molecule has 9 heteroatoms. The Morgan fingerprint density at radius 1 is 1.06 bits per heavy atom. The number of methoxy groups -OCH3 is 2. The van der Waals surface area contributed by atoms with E-state index in [0.717, 1.165) is 12.1 Å². The van der Waals surface area contributed by atoms with Crippen molar-refractivity contribution in [1.29, 1.82) is 0 Å². The van der Waals surface area contributed by atoms with Crippen LogP contribution in [-0.2, 0) is 14.4 Å². The van der Waals surface area contributed by atoms with Crippen LogP contribution in [0.25, 0.3) is 5.76 Å². The van der Waals surface area contributed by atoms with Crippen LogP contribution in [0.5, 0.6) is 11.5 Å². The molecular formula is C23H22FNO7. The number of ether oxygens (including phenoxy) is 2. The van der Waals surface area contributed by atoms with E-state index in [-0.39, 0.29) is 30.5 Å². The number of aliphatic hydroxyl groups is 1. The topological polar surface area (TPSA) is 113 Å². The van der Waals surface area contributed by atoms with Crippen molar-refractivity contribution < 1.29 is 38.5 Å². The van der Waals surface area contributed by atoms with Gasteiger partial charge in [0.25, 0.3) is 11.7 Å². The molecule has 1 amide bonds. The number of amides is 1. The van der Waals surface area contributed by atoms with Crippen LogP contribution in [0.15, 0.2) is 48.0 Å². The van der Waals surface area contributed by atoms with E-state index in [4.69, 9.17) is 14.6 Å². The van der Waals surface area contributed by atoms with Crippen molar-refractivity contribution in [2.75, 3.05) is 20.8 Å². The van der Waals surface area contributed by atoms with Crippen LogP contribution in [0, 0.1) is 5.82 Å². The summed E-state index contributed by atoms with van der Waals surface area (Å²) in [5.74, 6) is -3.04. The number of halogens is 1. The van der Waals surface area contributed by atoms with Crippen LogP contribution in [-0.4, -0.2) is 53.5 Å². The highest BCUT2D eigenvalue weighted by Gasteiger charge is 2.46. The van der Waals surface area contributed by atoms with Crippen molar-refractivity contribution in [2.24, 2.45) is 0 Å². The van der Waals surface area contributed by atoms with E-state index in [0.29, 0.717) is 17.1 Å². The number of aliphatic carboxylic acids is 1. The molecule has 32 heavy (non-hydrogen) atoms. The van der Waals surface area contributed by atoms with Crippen molar-refractivity contribution >= 4 is 23.4 Å². The smallest absolute Gasteiger partial charge is 0.303 e. The zero-order valence-corrected chi connectivity index (χ0v) is 17.5. The predicted molar refractivity (Wildman–Crippen MR) is 112 cm³/mol. The lowest BCUT2D eigenvalue weighted by molar-refractivity contribution is -0.140. The highest BCUT2D eigenvalue weighted by molar-refractivity contribution is 6.46. The zero-order chi connectivity index (χ0) is 23.4. The first-order valence-corrected chi connectivity index (χ1v) is 9.76. The second-order valence-electron chi connectivity index (χ2n) is 7.10. The molecule has 2 aromatic carbocycles. The van der Waals surface area contributed by atoms with Crippen LogP contribution in [0.1, 0.15) is 30.0 Å². The minimum absolute atomic E-state index is 0.0308. The Labute approximate surface area is 183 Å². The normalized spacial score (nSPS) is 17.5. The summed E-state index contributed by atoms with van der Waals surface area (Å²) >= 11 is 0. The molecule has 1 fully saturated rings. The molecule has 0 saturated carbocycles. The van der Waals surface area contributed by atoms with E-state index in [1.165, 1.54) is 31.3 Å². The molecule has 0 aromatic heterocycles. The summed E-state index contributed by atoms with van der Waals surface area (Å²) in [5, 5.41) is 19.9. The molecule has 1 atom stereocenters.